The lowest BCUT2D eigenvalue weighted by atomic mass is 10.1. The summed E-state index contributed by atoms with van der Waals surface area (Å²) in [4.78, 5) is 18.6. The van der Waals surface area contributed by atoms with Crippen LogP contribution in [-0.4, -0.2) is 29.9 Å². The first-order chi connectivity index (χ1) is 12.0. The van der Waals surface area contributed by atoms with Gasteiger partial charge in [-0.2, -0.15) is 5.10 Å². The molecule has 0 aliphatic carbocycles. The molecule has 1 aromatic heterocycles. The Labute approximate surface area is 147 Å². The zero-order valence-electron chi connectivity index (χ0n) is 15.0. The average Bonchev–Trinajstić information content (AvgIpc) is 2.59. The predicted octanol–water partition coefficient (Wildman–Crippen LogP) is 3.14. The molecule has 0 saturated heterocycles. The minimum absolute atomic E-state index is 0.159. The van der Waals surface area contributed by atoms with Crippen molar-refractivity contribution in [3.63, 3.8) is 0 Å². The third-order valence-electron chi connectivity index (χ3n) is 3.39. The largest absolute Gasteiger partial charge is 0.493 e. The number of H-pyrrole nitrogens is 1. The molecular formula is C18H24N4O3. The number of methoxy groups -OCH3 is 1. The van der Waals surface area contributed by atoms with Crippen LogP contribution in [0.1, 0.15) is 44.4 Å². The maximum atomic E-state index is 11.6. The molecule has 0 atom stereocenters. The molecule has 7 nitrogen and oxygen atoms in total. The summed E-state index contributed by atoms with van der Waals surface area (Å²) < 4.78 is 11.0. The summed E-state index contributed by atoms with van der Waals surface area (Å²) in [7, 11) is 1.60. The van der Waals surface area contributed by atoms with Crippen LogP contribution in [0.3, 0.4) is 0 Å². The summed E-state index contributed by atoms with van der Waals surface area (Å²) in [5.74, 6) is 1.81. The van der Waals surface area contributed by atoms with E-state index in [2.05, 4.69) is 20.5 Å². The van der Waals surface area contributed by atoms with Gasteiger partial charge in [0.25, 0.3) is 5.56 Å². The number of ether oxygens (including phenoxy) is 2. The zero-order valence-corrected chi connectivity index (χ0v) is 15.0. The van der Waals surface area contributed by atoms with Crippen LogP contribution in [0.2, 0.25) is 0 Å². The highest BCUT2D eigenvalue weighted by Gasteiger charge is 2.06. The minimum atomic E-state index is -0.213. The van der Waals surface area contributed by atoms with Crippen LogP contribution >= 0.6 is 0 Å². The van der Waals surface area contributed by atoms with Crippen LogP contribution in [0, 0.1) is 0 Å². The topological polar surface area (TPSA) is 88.6 Å². The van der Waals surface area contributed by atoms with Gasteiger partial charge in [-0.05, 0) is 36.1 Å². The van der Waals surface area contributed by atoms with Crippen LogP contribution in [-0.2, 0) is 0 Å². The summed E-state index contributed by atoms with van der Waals surface area (Å²) in [6, 6.07) is 7.03. The van der Waals surface area contributed by atoms with Crippen molar-refractivity contribution in [2.45, 2.75) is 33.1 Å². The number of aromatic nitrogens is 2. The van der Waals surface area contributed by atoms with E-state index in [9.17, 15) is 4.79 Å². The normalized spacial score (nSPS) is 11.1. The van der Waals surface area contributed by atoms with Crippen molar-refractivity contribution in [2.24, 2.45) is 5.10 Å². The molecule has 0 fully saturated rings. The fourth-order valence-corrected chi connectivity index (χ4v) is 2.09. The second-order valence-corrected chi connectivity index (χ2v) is 5.80. The monoisotopic (exact) mass is 344 g/mol. The number of rotatable bonds is 8. The fourth-order valence-electron chi connectivity index (χ4n) is 2.09. The minimum Gasteiger partial charge on any atom is -0.493 e. The molecule has 0 radical (unpaired) electrons. The summed E-state index contributed by atoms with van der Waals surface area (Å²) >= 11 is 0. The first kappa shape index (κ1) is 18.5. The lowest BCUT2D eigenvalue weighted by Crippen LogP contribution is -2.12. The molecule has 25 heavy (non-hydrogen) atoms. The van der Waals surface area contributed by atoms with Crippen molar-refractivity contribution < 1.29 is 9.47 Å². The standard InChI is InChI=1S/C18H24N4O3/c1-5-8-25-15-7-6-13(9-16(15)24-4)11-19-22-18-20-14(12(2)3)10-17(23)21-18/h6-7,9-12H,5,8H2,1-4H3,(H2,20,21,22,23)/b19-11-. The number of hydrogen-bond donors (Lipinski definition) is 2. The van der Waals surface area contributed by atoms with Gasteiger partial charge in [-0.15, -0.1) is 0 Å². The Morgan fingerprint density at radius 1 is 1.32 bits per heavy atom. The van der Waals surface area contributed by atoms with Gasteiger partial charge < -0.3 is 9.47 Å². The van der Waals surface area contributed by atoms with E-state index < -0.39 is 0 Å². The Morgan fingerprint density at radius 2 is 2.12 bits per heavy atom. The Morgan fingerprint density at radius 3 is 2.80 bits per heavy atom. The molecule has 134 valence electrons. The summed E-state index contributed by atoms with van der Waals surface area (Å²) in [5.41, 5.74) is 4.07. The van der Waals surface area contributed by atoms with E-state index in [0.717, 1.165) is 12.0 Å². The van der Waals surface area contributed by atoms with Crippen LogP contribution < -0.4 is 20.5 Å². The number of hydrazone groups is 1. The van der Waals surface area contributed by atoms with Gasteiger partial charge in [0, 0.05) is 6.07 Å². The smallest absolute Gasteiger partial charge is 0.252 e. The van der Waals surface area contributed by atoms with Crippen LogP contribution in [0.4, 0.5) is 5.95 Å². The molecule has 0 aliphatic heterocycles. The predicted molar refractivity (Wildman–Crippen MR) is 98.9 cm³/mol. The SMILES string of the molecule is CCCOc1ccc(/C=N\Nc2nc(C(C)C)cc(=O)[nH]2)cc1OC. The van der Waals surface area contributed by atoms with E-state index in [1.54, 1.807) is 13.3 Å². The number of nitrogens with one attached hydrogen (secondary N) is 2. The lowest BCUT2D eigenvalue weighted by molar-refractivity contribution is 0.294. The molecule has 2 aromatic rings. The molecule has 0 saturated carbocycles. The van der Waals surface area contributed by atoms with Gasteiger partial charge in [-0.3, -0.25) is 9.78 Å². The lowest BCUT2D eigenvalue weighted by Gasteiger charge is -2.10. The Hall–Kier alpha value is -2.83. The third-order valence-corrected chi connectivity index (χ3v) is 3.39. The van der Waals surface area contributed by atoms with Gasteiger partial charge in [0.05, 0.1) is 25.6 Å². The van der Waals surface area contributed by atoms with Gasteiger partial charge >= 0.3 is 0 Å². The number of anilines is 1. The van der Waals surface area contributed by atoms with E-state index in [4.69, 9.17) is 9.47 Å². The zero-order chi connectivity index (χ0) is 18.2. The summed E-state index contributed by atoms with van der Waals surface area (Å²) in [6.07, 6.45) is 2.55. The molecule has 1 heterocycles. The molecule has 0 unspecified atom stereocenters. The number of aromatic amines is 1. The van der Waals surface area contributed by atoms with Crippen LogP contribution in [0.25, 0.3) is 0 Å². The van der Waals surface area contributed by atoms with E-state index in [1.807, 2.05) is 39.0 Å². The van der Waals surface area contributed by atoms with Gasteiger partial charge in [0.15, 0.2) is 11.5 Å². The number of hydrogen-bond acceptors (Lipinski definition) is 6. The Kier molecular flexibility index (Phi) is 6.56. The summed E-state index contributed by atoms with van der Waals surface area (Å²) in [5, 5.41) is 4.12. The molecule has 0 spiro atoms. The van der Waals surface area contributed by atoms with Crippen LogP contribution in [0.5, 0.6) is 11.5 Å². The first-order valence-electron chi connectivity index (χ1n) is 8.24. The molecule has 2 rings (SSSR count). The van der Waals surface area contributed by atoms with Crippen molar-refractivity contribution in [1.29, 1.82) is 0 Å². The summed E-state index contributed by atoms with van der Waals surface area (Å²) in [6.45, 7) is 6.63. The average molecular weight is 344 g/mol. The van der Waals surface area contributed by atoms with E-state index in [0.29, 0.717) is 29.7 Å². The highest BCUT2D eigenvalue weighted by molar-refractivity contribution is 5.81. The van der Waals surface area contributed by atoms with Crippen molar-refractivity contribution in [2.75, 3.05) is 19.1 Å². The van der Waals surface area contributed by atoms with Gasteiger partial charge in [0.2, 0.25) is 5.95 Å². The van der Waals surface area contributed by atoms with Crippen molar-refractivity contribution >= 4 is 12.2 Å². The van der Waals surface area contributed by atoms with Gasteiger partial charge in [0.1, 0.15) is 0 Å². The van der Waals surface area contributed by atoms with Crippen molar-refractivity contribution in [3.05, 3.63) is 45.9 Å². The van der Waals surface area contributed by atoms with Crippen molar-refractivity contribution in [3.8, 4) is 11.5 Å². The molecule has 2 N–H and O–H groups in total. The second-order valence-electron chi connectivity index (χ2n) is 5.80. The molecule has 0 aliphatic rings. The van der Waals surface area contributed by atoms with Crippen LogP contribution in [0.15, 0.2) is 34.2 Å². The highest BCUT2D eigenvalue weighted by atomic mass is 16.5. The first-order valence-corrected chi connectivity index (χ1v) is 8.24. The van der Waals surface area contributed by atoms with Gasteiger partial charge in [-0.1, -0.05) is 20.8 Å². The number of nitrogens with zero attached hydrogens (tertiary/aromatic N) is 2. The quantitative estimate of drug-likeness (QED) is 0.567. The Bertz CT molecular complexity index is 784. The van der Waals surface area contributed by atoms with Gasteiger partial charge in [-0.25, -0.2) is 10.4 Å². The highest BCUT2D eigenvalue weighted by Crippen LogP contribution is 2.27. The molecular weight excluding hydrogens is 320 g/mol. The fraction of sp³-hybridized carbons (Fsp3) is 0.389. The molecule has 0 bridgehead atoms. The Balaban J connectivity index is 2.10. The molecule has 7 heteroatoms. The van der Waals surface area contributed by atoms with E-state index in [1.165, 1.54) is 6.07 Å². The maximum absolute atomic E-state index is 11.6. The third kappa shape index (κ3) is 5.34. The second kappa shape index (κ2) is 8.86. The maximum Gasteiger partial charge on any atom is 0.252 e. The molecule has 0 amide bonds. The number of benzene rings is 1. The van der Waals surface area contributed by atoms with E-state index in [-0.39, 0.29) is 11.5 Å². The van der Waals surface area contributed by atoms with Crippen molar-refractivity contribution in [1.82, 2.24) is 9.97 Å². The van der Waals surface area contributed by atoms with E-state index >= 15 is 0 Å². The molecule has 1 aromatic carbocycles.